The highest BCUT2D eigenvalue weighted by molar-refractivity contribution is 6.00. The molecule has 0 amide bonds. The minimum absolute atomic E-state index is 0.00926. The summed E-state index contributed by atoms with van der Waals surface area (Å²) in [5.74, 6) is 0.634. The Kier molecular flexibility index (Phi) is 5.96. The molecule has 0 bridgehead atoms. The molecule has 7 nitrogen and oxygen atoms in total. The minimum Gasteiger partial charge on any atom is -0.508 e. The lowest BCUT2D eigenvalue weighted by Gasteiger charge is -2.36. The second-order valence-corrected chi connectivity index (χ2v) is 9.01. The topological polar surface area (TPSA) is 101 Å². The maximum Gasteiger partial charge on any atom is 0.142 e. The SMILES string of the molecule is CC(=NOCc1ccc2nonc2c1)c1cc(O)c(C)cc1[C@H]1CC[C@@](C)(CO)CC1. The number of aromatic nitrogens is 2. The number of phenolic OH excluding ortho intramolecular Hbond substituents is 1. The second-order valence-electron chi connectivity index (χ2n) is 9.01. The number of nitrogens with zero attached hydrogens (tertiary/aromatic N) is 3. The first-order valence-corrected chi connectivity index (χ1v) is 10.7. The van der Waals surface area contributed by atoms with E-state index >= 15 is 0 Å². The Labute approximate surface area is 181 Å². The normalized spacial score (nSPS) is 22.1. The number of hydrogen-bond donors (Lipinski definition) is 2. The molecule has 0 unspecified atom stereocenters. The Bertz CT molecular complexity index is 1100. The van der Waals surface area contributed by atoms with E-state index in [0.717, 1.165) is 48.1 Å². The summed E-state index contributed by atoms with van der Waals surface area (Å²) in [6.45, 7) is 6.50. The van der Waals surface area contributed by atoms with E-state index in [9.17, 15) is 10.2 Å². The first-order chi connectivity index (χ1) is 14.9. The highest BCUT2D eigenvalue weighted by Crippen LogP contribution is 2.44. The fraction of sp³-hybridized carbons (Fsp3) is 0.458. The van der Waals surface area contributed by atoms with E-state index in [0.29, 0.717) is 23.6 Å². The van der Waals surface area contributed by atoms with Gasteiger partial charge in [-0.2, -0.15) is 0 Å². The summed E-state index contributed by atoms with van der Waals surface area (Å²) >= 11 is 0. The van der Waals surface area contributed by atoms with Gasteiger partial charge in [-0.3, -0.25) is 0 Å². The number of fused-ring (bicyclic) bond motifs is 1. The van der Waals surface area contributed by atoms with Gasteiger partial charge in [-0.1, -0.05) is 24.2 Å². The molecular weight excluding hydrogens is 394 g/mol. The number of aliphatic hydroxyl groups is 1. The van der Waals surface area contributed by atoms with E-state index in [2.05, 4.69) is 28.5 Å². The van der Waals surface area contributed by atoms with Crippen molar-refractivity contribution in [3.8, 4) is 5.75 Å². The molecule has 0 spiro atoms. The summed E-state index contributed by atoms with van der Waals surface area (Å²) in [4.78, 5) is 5.62. The number of aryl methyl sites for hydroxylation is 1. The molecule has 2 N–H and O–H groups in total. The Morgan fingerprint density at radius 1 is 1.19 bits per heavy atom. The van der Waals surface area contributed by atoms with Crippen LogP contribution in [0.2, 0.25) is 0 Å². The van der Waals surface area contributed by atoms with Gasteiger partial charge < -0.3 is 15.1 Å². The minimum atomic E-state index is 0.00926. The molecule has 164 valence electrons. The zero-order valence-electron chi connectivity index (χ0n) is 18.3. The van der Waals surface area contributed by atoms with E-state index in [-0.39, 0.29) is 17.8 Å². The molecule has 3 aromatic rings. The monoisotopic (exact) mass is 423 g/mol. The highest BCUT2D eigenvalue weighted by Gasteiger charge is 2.32. The van der Waals surface area contributed by atoms with Crippen molar-refractivity contribution in [3.63, 3.8) is 0 Å². The number of benzene rings is 2. The van der Waals surface area contributed by atoms with Crippen LogP contribution in [0.1, 0.15) is 67.7 Å². The number of aromatic hydroxyl groups is 1. The average Bonchev–Trinajstić information content (AvgIpc) is 3.24. The molecule has 1 heterocycles. The zero-order valence-corrected chi connectivity index (χ0v) is 18.3. The number of oxime groups is 1. The van der Waals surface area contributed by atoms with E-state index in [1.807, 2.05) is 32.0 Å². The fourth-order valence-corrected chi connectivity index (χ4v) is 4.32. The van der Waals surface area contributed by atoms with Gasteiger partial charge in [0.2, 0.25) is 0 Å². The molecule has 1 aromatic heterocycles. The van der Waals surface area contributed by atoms with E-state index in [4.69, 9.17) is 9.47 Å². The van der Waals surface area contributed by atoms with Crippen molar-refractivity contribution in [2.24, 2.45) is 10.6 Å². The van der Waals surface area contributed by atoms with Crippen molar-refractivity contribution in [1.29, 1.82) is 0 Å². The summed E-state index contributed by atoms with van der Waals surface area (Å²) in [5, 5.41) is 32.0. The third-order valence-corrected chi connectivity index (χ3v) is 6.52. The number of hydrogen-bond acceptors (Lipinski definition) is 7. The maximum atomic E-state index is 10.3. The second kappa shape index (κ2) is 8.67. The standard InChI is InChI=1S/C24H29N3O4/c1-15-10-20(18-6-8-24(3,14-28)9-7-18)19(12-23(15)29)16(2)25-30-13-17-4-5-21-22(11-17)27-31-26-21/h4-5,10-12,18,28-29H,6-9,13-14H2,1-3H3/t18-,24+. The van der Waals surface area contributed by atoms with Crippen LogP contribution in [0.4, 0.5) is 0 Å². The quantitative estimate of drug-likeness (QED) is 0.435. The van der Waals surface area contributed by atoms with Crippen molar-refractivity contribution >= 4 is 16.7 Å². The molecule has 1 fully saturated rings. The lowest BCUT2D eigenvalue weighted by Crippen LogP contribution is -2.27. The van der Waals surface area contributed by atoms with Crippen LogP contribution >= 0.6 is 0 Å². The molecule has 1 aliphatic carbocycles. The Morgan fingerprint density at radius 2 is 1.94 bits per heavy atom. The smallest absolute Gasteiger partial charge is 0.142 e. The molecule has 0 radical (unpaired) electrons. The first-order valence-electron chi connectivity index (χ1n) is 10.7. The fourth-order valence-electron chi connectivity index (χ4n) is 4.32. The number of phenols is 1. The Hall–Kier alpha value is -2.93. The van der Waals surface area contributed by atoms with Crippen LogP contribution in [0.5, 0.6) is 5.75 Å². The molecule has 4 rings (SSSR count). The molecule has 0 atom stereocenters. The van der Waals surface area contributed by atoms with E-state index in [1.54, 1.807) is 6.07 Å². The van der Waals surface area contributed by atoms with Crippen LogP contribution < -0.4 is 0 Å². The molecule has 31 heavy (non-hydrogen) atoms. The van der Waals surface area contributed by atoms with Crippen LogP contribution in [-0.4, -0.2) is 32.8 Å². The van der Waals surface area contributed by atoms with Crippen LogP contribution in [0.15, 0.2) is 40.1 Å². The third kappa shape index (κ3) is 4.56. The van der Waals surface area contributed by atoms with Gasteiger partial charge in [-0.05, 0) is 96.1 Å². The van der Waals surface area contributed by atoms with E-state index in [1.165, 1.54) is 5.56 Å². The van der Waals surface area contributed by atoms with Crippen molar-refractivity contribution in [1.82, 2.24) is 10.3 Å². The molecule has 7 heteroatoms. The van der Waals surface area contributed by atoms with Crippen molar-refractivity contribution in [2.75, 3.05) is 6.61 Å². The number of rotatable bonds is 6. The summed E-state index contributed by atoms with van der Waals surface area (Å²) in [6, 6.07) is 9.46. The average molecular weight is 424 g/mol. The van der Waals surface area contributed by atoms with E-state index < -0.39 is 0 Å². The summed E-state index contributed by atoms with van der Waals surface area (Å²) in [5.41, 5.74) is 6.00. The van der Waals surface area contributed by atoms with Crippen molar-refractivity contribution < 1.29 is 19.7 Å². The molecule has 1 aliphatic rings. The summed E-state index contributed by atoms with van der Waals surface area (Å²) < 4.78 is 4.73. The summed E-state index contributed by atoms with van der Waals surface area (Å²) in [6.07, 6.45) is 3.99. The Morgan fingerprint density at radius 3 is 2.68 bits per heavy atom. The molecule has 0 aliphatic heterocycles. The lowest BCUT2D eigenvalue weighted by atomic mass is 9.69. The highest BCUT2D eigenvalue weighted by atomic mass is 16.6. The van der Waals surface area contributed by atoms with Gasteiger partial charge in [0.25, 0.3) is 0 Å². The van der Waals surface area contributed by atoms with Crippen molar-refractivity contribution in [2.45, 2.75) is 59.0 Å². The molecule has 2 aromatic carbocycles. The van der Waals surface area contributed by atoms with Gasteiger partial charge in [-0.15, -0.1) is 0 Å². The molecule has 0 saturated heterocycles. The van der Waals surface area contributed by atoms with Crippen LogP contribution in [-0.2, 0) is 11.4 Å². The van der Waals surface area contributed by atoms with Crippen LogP contribution in [0.25, 0.3) is 11.0 Å². The van der Waals surface area contributed by atoms with Crippen molar-refractivity contribution in [3.05, 3.63) is 52.6 Å². The Balaban J connectivity index is 1.52. The predicted octanol–water partition coefficient (Wildman–Crippen LogP) is 4.83. The molecule has 1 saturated carbocycles. The van der Waals surface area contributed by atoms with Gasteiger partial charge >= 0.3 is 0 Å². The van der Waals surface area contributed by atoms with Gasteiger partial charge in [-0.25, -0.2) is 4.63 Å². The zero-order chi connectivity index (χ0) is 22.0. The van der Waals surface area contributed by atoms with Gasteiger partial charge in [0.05, 0.1) is 5.71 Å². The van der Waals surface area contributed by atoms with Gasteiger partial charge in [0, 0.05) is 12.2 Å². The van der Waals surface area contributed by atoms with Gasteiger partial charge in [0.1, 0.15) is 23.4 Å². The maximum absolute atomic E-state index is 10.3. The van der Waals surface area contributed by atoms with Crippen LogP contribution in [0.3, 0.4) is 0 Å². The number of aliphatic hydroxyl groups excluding tert-OH is 1. The summed E-state index contributed by atoms with van der Waals surface area (Å²) in [7, 11) is 0. The molecular formula is C24H29N3O4. The predicted molar refractivity (Wildman–Crippen MR) is 118 cm³/mol. The van der Waals surface area contributed by atoms with Gasteiger partial charge in [0.15, 0.2) is 0 Å². The third-order valence-electron chi connectivity index (χ3n) is 6.52. The first kappa shape index (κ1) is 21.3. The van der Waals surface area contributed by atoms with Crippen LogP contribution in [0, 0.1) is 12.3 Å². The lowest BCUT2D eigenvalue weighted by molar-refractivity contribution is 0.0934. The largest absolute Gasteiger partial charge is 0.508 e.